The second kappa shape index (κ2) is 5.75. The smallest absolute Gasteiger partial charge is 0.171 e. The molecule has 0 bridgehead atoms. The number of rotatable bonds is 3. The lowest BCUT2D eigenvalue weighted by Gasteiger charge is -2.09. The highest BCUT2D eigenvalue weighted by Crippen LogP contribution is 2.31. The van der Waals surface area contributed by atoms with E-state index in [1.807, 2.05) is 25.1 Å². The molecule has 0 saturated carbocycles. The van der Waals surface area contributed by atoms with Gasteiger partial charge in [-0.25, -0.2) is 4.39 Å². The highest BCUT2D eigenvalue weighted by molar-refractivity contribution is 7.99. The van der Waals surface area contributed by atoms with Crippen LogP contribution in [-0.2, 0) is 0 Å². The van der Waals surface area contributed by atoms with Gasteiger partial charge in [-0.2, -0.15) is 0 Å². The molecule has 0 spiro atoms. The van der Waals surface area contributed by atoms with Crippen molar-refractivity contribution >= 4 is 17.6 Å². The van der Waals surface area contributed by atoms with Gasteiger partial charge in [-0.1, -0.05) is 29.1 Å². The van der Waals surface area contributed by atoms with E-state index in [0.29, 0.717) is 5.56 Å². The van der Waals surface area contributed by atoms with Gasteiger partial charge in [-0.15, -0.1) is 0 Å². The molecule has 5 heteroatoms. The summed E-state index contributed by atoms with van der Waals surface area (Å²) in [7, 11) is 0. The number of hydrogen-bond donors (Lipinski definition) is 2. The lowest BCUT2D eigenvalue weighted by atomic mass is 10.1. The first-order valence-corrected chi connectivity index (χ1v) is 6.44. The van der Waals surface area contributed by atoms with Crippen LogP contribution in [0.1, 0.15) is 11.1 Å². The van der Waals surface area contributed by atoms with E-state index in [9.17, 15) is 4.39 Å². The number of nitrogens with two attached hydrogens (primary N) is 1. The molecule has 2 aromatic carbocycles. The van der Waals surface area contributed by atoms with Crippen molar-refractivity contribution in [2.45, 2.75) is 16.7 Å². The van der Waals surface area contributed by atoms with E-state index in [1.165, 1.54) is 23.9 Å². The molecule has 0 saturated heterocycles. The summed E-state index contributed by atoms with van der Waals surface area (Å²) in [5.41, 5.74) is 7.32. The highest BCUT2D eigenvalue weighted by Gasteiger charge is 2.09. The van der Waals surface area contributed by atoms with Crippen LogP contribution in [0.2, 0.25) is 0 Å². The van der Waals surface area contributed by atoms with Gasteiger partial charge in [0.25, 0.3) is 0 Å². The Balaban J connectivity index is 2.41. The SMILES string of the molecule is Cc1ccc(C(N)=NO)c(Sc2cccc(F)c2)c1. The molecule has 2 aromatic rings. The Bertz CT molecular complexity index is 629. The highest BCUT2D eigenvalue weighted by atomic mass is 32.2. The molecule has 98 valence electrons. The first-order chi connectivity index (χ1) is 9.10. The summed E-state index contributed by atoms with van der Waals surface area (Å²) in [5.74, 6) is -0.248. The number of halogens is 1. The average molecular weight is 276 g/mol. The van der Waals surface area contributed by atoms with Gasteiger partial charge in [0.1, 0.15) is 5.82 Å². The summed E-state index contributed by atoms with van der Waals surface area (Å²) in [6, 6.07) is 11.9. The second-order valence-electron chi connectivity index (χ2n) is 4.04. The standard InChI is InChI=1S/C14H13FN2OS/c1-9-5-6-12(14(16)17-18)13(7-9)19-11-4-2-3-10(15)8-11/h2-8,18H,1H3,(H2,16,17). The van der Waals surface area contributed by atoms with Gasteiger partial charge in [0.05, 0.1) is 0 Å². The zero-order chi connectivity index (χ0) is 13.8. The number of benzene rings is 2. The fraction of sp³-hybridized carbons (Fsp3) is 0.0714. The zero-order valence-corrected chi connectivity index (χ0v) is 11.1. The van der Waals surface area contributed by atoms with Crippen molar-refractivity contribution in [3.63, 3.8) is 0 Å². The summed E-state index contributed by atoms with van der Waals surface area (Å²) in [6.45, 7) is 1.95. The zero-order valence-electron chi connectivity index (χ0n) is 10.3. The number of oxime groups is 1. The van der Waals surface area contributed by atoms with Crippen LogP contribution in [0.25, 0.3) is 0 Å². The molecule has 0 atom stereocenters. The summed E-state index contributed by atoms with van der Waals surface area (Å²) in [5, 5.41) is 11.8. The number of nitrogens with zero attached hydrogens (tertiary/aromatic N) is 1. The van der Waals surface area contributed by atoms with E-state index in [4.69, 9.17) is 10.9 Å². The predicted molar refractivity (Wildman–Crippen MR) is 74.2 cm³/mol. The summed E-state index contributed by atoms with van der Waals surface area (Å²) in [4.78, 5) is 1.58. The Morgan fingerprint density at radius 2 is 2.05 bits per heavy atom. The van der Waals surface area contributed by atoms with E-state index >= 15 is 0 Å². The summed E-state index contributed by atoms with van der Waals surface area (Å²) in [6.07, 6.45) is 0. The van der Waals surface area contributed by atoms with Crippen molar-refractivity contribution in [3.8, 4) is 0 Å². The van der Waals surface area contributed by atoms with E-state index in [1.54, 1.807) is 12.1 Å². The van der Waals surface area contributed by atoms with Gasteiger partial charge in [-0.05, 0) is 42.8 Å². The fourth-order valence-electron chi connectivity index (χ4n) is 1.64. The molecule has 3 nitrogen and oxygen atoms in total. The predicted octanol–water partition coefficient (Wildman–Crippen LogP) is 3.38. The molecule has 0 heterocycles. The number of hydrogen-bond acceptors (Lipinski definition) is 3. The quantitative estimate of drug-likeness (QED) is 0.391. The van der Waals surface area contributed by atoms with Crippen LogP contribution in [0.5, 0.6) is 0 Å². The van der Waals surface area contributed by atoms with Crippen LogP contribution in [0.3, 0.4) is 0 Å². The Kier molecular flexibility index (Phi) is 4.06. The van der Waals surface area contributed by atoms with Gasteiger partial charge in [0.15, 0.2) is 5.84 Å². The molecule has 0 aromatic heterocycles. The lowest BCUT2D eigenvalue weighted by molar-refractivity contribution is 0.318. The molecule has 3 N–H and O–H groups in total. The molecular weight excluding hydrogens is 263 g/mol. The van der Waals surface area contributed by atoms with Crippen molar-refractivity contribution in [1.29, 1.82) is 0 Å². The summed E-state index contributed by atoms with van der Waals surface area (Å²) >= 11 is 1.37. The summed E-state index contributed by atoms with van der Waals surface area (Å²) < 4.78 is 13.2. The van der Waals surface area contributed by atoms with Gasteiger partial charge in [0.2, 0.25) is 0 Å². The number of amidine groups is 1. The minimum atomic E-state index is -0.289. The van der Waals surface area contributed by atoms with Crippen molar-refractivity contribution < 1.29 is 9.60 Å². The first-order valence-electron chi connectivity index (χ1n) is 5.62. The maximum absolute atomic E-state index is 13.2. The molecule has 0 fully saturated rings. The molecule has 0 radical (unpaired) electrons. The Morgan fingerprint density at radius 1 is 1.26 bits per heavy atom. The minimum Gasteiger partial charge on any atom is -0.409 e. The van der Waals surface area contributed by atoms with E-state index in [-0.39, 0.29) is 11.7 Å². The normalized spacial score (nSPS) is 11.6. The number of aryl methyl sites for hydroxylation is 1. The molecule has 0 aliphatic heterocycles. The Morgan fingerprint density at radius 3 is 2.74 bits per heavy atom. The maximum atomic E-state index is 13.2. The minimum absolute atomic E-state index is 0.0407. The van der Waals surface area contributed by atoms with Gasteiger partial charge >= 0.3 is 0 Å². The molecule has 2 rings (SSSR count). The van der Waals surface area contributed by atoms with Crippen LogP contribution in [0, 0.1) is 12.7 Å². The monoisotopic (exact) mass is 276 g/mol. The Labute approximate surface area is 114 Å². The van der Waals surface area contributed by atoms with E-state index < -0.39 is 0 Å². The maximum Gasteiger partial charge on any atom is 0.171 e. The Hall–Kier alpha value is -2.01. The van der Waals surface area contributed by atoms with Gasteiger partial charge in [-0.3, -0.25) is 0 Å². The molecule has 0 aliphatic rings. The van der Waals surface area contributed by atoms with Crippen LogP contribution >= 0.6 is 11.8 Å². The van der Waals surface area contributed by atoms with Gasteiger partial charge < -0.3 is 10.9 Å². The van der Waals surface area contributed by atoms with E-state index in [2.05, 4.69) is 5.16 Å². The van der Waals surface area contributed by atoms with E-state index in [0.717, 1.165) is 15.4 Å². The van der Waals surface area contributed by atoms with Crippen molar-refractivity contribution in [2.24, 2.45) is 10.9 Å². The van der Waals surface area contributed by atoms with Crippen LogP contribution < -0.4 is 5.73 Å². The molecule has 19 heavy (non-hydrogen) atoms. The molecule has 0 amide bonds. The molecular formula is C14H13FN2OS. The third-order valence-corrected chi connectivity index (χ3v) is 3.59. The third-order valence-electron chi connectivity index (χ3n) is 2.54. The average Bonchev–Trinajstić information content (AvgIpc) is 2.38. The second-order valence-corrected chi connectivity index (χ2v) is 5.16. The first kappa shape index (κ1) is 13.4. The molecule has 0 unspecified atom stereocenters. The van der Waals surface area contributed by atoms with Gasteiger partial charge in [0, 0.05) is 15.4 Å². The van der Waals surface area contributed by atoms with Crippen molar-refractivity contribution in [3.05, 3.63) is 59.4 Å². The van der Waals surface area contributed by atoms with Crippen LogP contribution in [0.15, 0.2) is 57.4 Å². The molecule has 0 aliphatic carbocycles. The lowest BCUT2D eigenvalue weighted by Crippen LogP contribution is -2.14. The van der Waals surface area contributed by atoms with Crippen molar-refractivity contribution in [1.82, 2.24) is 0 Å². The van der Waals surface area contributed by atoms with Crippen LogP contribution in [-0.4, -0.2) is 11.0 Å². The van der Waals surface area contributed by atoms with Crippen molar-refractivity contribution in [2.75, 3.05) is 0 Å². The fourth-order valence-corrected chi connectivity index (χ4v) is 2.74. The van der Waals surface area contributed by atoms with Crippen LogP contribution in [0.4, 0.5) is 4.39 Å². The topological polar surface area (TPSA) is 58.6 Å². The largest absolute Gasteiger partial charge is 0.409 e. The third kappa shape index (κ3) is 3.26.